The normalized spacial score (nSPS) is 22.8. The van der Waals surface area contributed by atoms with E-state index >= 15 is 0 Å². The number of hydrogen-bond acceptors (Lipinski definition) is 4. The predicted molar refractivity (Wildman–Crippen MR) is 76.5 cm³/mol. The van der Waals surface area contributed by atoms with Crippen LogP contribution in [-0.4, -0.2) is 16.2 Å². The molecule has 0 aromatic carbocycles. The van der Waals surface area contributed by atoms with E-state index in [0.717, 1.165) is 16.3 Å². The van der Waals surface area contributed by atoms with Gasteiger partial charge in [0.05, 0.1) is 11.3 Å². The number of hydrogen-bond donors (Lipinski definition) is 1. The number of nitrogens with zero attached hydrogens (tertiary/aromatic N) is 1. The molecule has 4 heteroatoms. The Bertz CT molecular complexity index is 451. The maximum atomic E-state index is 11.7. The Morgan fingerprint density at radius 2 is 2.17 bits per heavy atom. The lowest BCUT2D eigenvalue weighted by atomic mass is 9.73. The van der Waals surface area contributed by atoms with E-state index in [1.165, 1.54) is 37.2 Å². The zero-order valence-corrected chi connectivity index (χ0v) is 12.5. The van der Waals surface area contributed by atoms with Gasteiger partial charge in [-0.1, -0.05) is 26.7 Å². The van der Waals surface area contributed by atoms with Crippen molar-refractivity contribution in [3.63, 3.8) is 0 Å². The van der Waals surface area contributed by atoms with Gasteiger partial charge in [0.2, 0.25) is 0 Å². The number of anilines is 1. The summed E-state index contributed by atoms with van der Waals surface area (Å²) in [6, 6.07) is 0.448. The smallest absolute Gasteiger partial charge is 0.164 e. The van der Waals surface area contributed by atoms with Crippen LogP contribution in [0.3, 0.4) is 0 Å². The van der Waals surface area contributed by atoms with Crippen LogP contribution in [0.2, 0.25) is 0 Å². The molecule has 0 amide bonds. The van der Waals surface area contributed by atoms with E-state index in [4.69, 9.17) is 0 Å². The Morgan fingerprint density at radius 1 is 1.44 bits per heavy atom. The first kappa shape index (κ1) is 13.5. The van der Waals surface area contributed by atoms with Crippen LogP contribution >= 0.6 is 11.5 Å². The summed E-state index contributed by atoms with van der Waals surface area (Å²) in [5.74, 6) is 0.109. The number of carbonyl (C=O) groups excluding carboxylic acids is 1. The molecule has 0 saturated heterocycles. The molecule has 1 unspecified atom stereocenters. The van der Waals surface area contributed by atoms with E-state index < -0.39 is 0 Å². The van der Waals surface area contributed by atoms with Crippen molar-refractivity contribution in [3.8, 4) is 0 Å². The number of carbonyl (C=O) groups is 1. The molecule has 1 N–H and O–H groups in total. The molecule has 0 radical (unpaired) electrons. The number of rotatable bonds is 3. The van der Waals surface area contributed by atoms with Crippen molar-refractivity contribution < 1.29 is 4.79 Å². The van der Waals surface area contributed by atoms with Crippen molar-refractivity contribution >= 4 is 22.3 Å². The molecule has 1 aromatic heterocycles. The van der Waals surface area contributed by atoms with Crippen LogP contribution in [0.25, 0.3) is 0 Å². The molecule has 1 atom stereocenters. The molecule has 2 rings (SSSR count). The van der Waals surface area contributed by atoms with Crippen molar-refractivity contribution in [1.29, 1.82) is 0 Å². The first-order valence-electron chi connectivity index (χ1n) is 6.65. The van der Waals surface area contributed by atoms with Crippen molar-refractivity contribution in [3.05, 3.63) is 11.3 Å². The third-order valence-corrected chi connectivity index (χ3v) is 4.90. The van der Waals surface area contributed by atoms with Gasteiger partial charge < -0.3 is 5.32 Å². The maximum absolute atomic E-state index is 11.7. The van der Waals surface area contributed by atoms with E-state index in [1.54, 1.807) is 6.92 Å². The minimum Gasteiger partial charge on any atom is -0.372 e. The molecule has 3 nitrogen and oxygen atoms in total. The zero-order valence-electron chi connectivity index (χ0n) is 11.7. The molecule has 0 spiro atoms. The van der Waals surface area contributed by atoms with Gasteiger partial charge in [-0.25, -0.2) is 0 Å². The summed E-state index contributed by atoms with van der Waals surface area (Å²) >= 11 is 1.42. The number of aromatic nitrogens is 1. The molecule has 0 bridgehead atoms. The summed E-state index contributed by atoms with van der Waals surface area (Å²) in [5, 5.41) is 4.54. The van der Waals surface area contributed by atoms with Crippen LogP contribution in [-0.2, 0) is 0 Å². The van der Waals surface area contributed by atoms with Gasteiger partial charge in [0.25, 0.3) is 0 Å². The largest absolute Gasteiger partial charge is 0.372 e. The molecule has 1 aliphatic carbocycles. The Balaban J connectivity index is 2.21. The van der Waals surface area contributed by atoms with E-state index in [0.29, 0.717) is 11.5 Å². The second-order valence-electron chi connectivity index (χ2n) is 5.96. The summed E-state index contributed by atoms with van der Waals surface area (Å²) < 4.78 is 4.31. The fourth-order valence-corrected chi connectivity index (χ4v) is 3.70. The highest BCUT2D eigenvalue weighted by Gasteiger charge is 2.33. The van der Waals surface area contributed by atoms with Gasteiger partial charge in [-0.3, -0.25) is 4.79 Å². The summed E-state index contributed by atoms with van der Waals surface area (Å²) in [6.45, 7) is 8.15. The average Bonchev–Trinajstić information content (AvgIpc) is 2.63. The van der Waals surface area contributed by atoms with Crippen LogP contribution in [0.1, 0.15) is 62.5 Å². The molecule has 100 valence electrons. The van der Waals surface area contributed by atoms with Crippen LogP contribution < -0.4 is 5.32 Å². The lowest BCUT2D eigenvalue weighted by Gasteiger charge is -2.39. The quantitative estimate of drug-likeness (QED) is 0.840. The summed E-state index contributed by atoms with van der Waals surface area (Å²) in [7, 11) is 0. The van der Waals surface area contributed by atoms with Gasteiger partial charge >= 0.3 is 0 Å². The number of aryl methyl sites for hydroxylation is 1. The third kappa shape index (κ3) is 2.58. The molecule has 1 saturated carbocycles. The maximum Gasteiger partial charge on any atom is 0.164 e. The van der Waals surface area contributed by atoms with Crippen molar-refractivity contribution in [2.24, 2.45) is 5.41 Å². The molecule has 1 aromatic rings. The molecule has 1 heterocycles. The first-order chi connectivity index (χ1) is 8.42. The molecule has 18 heavy (non-hydrogen) atoms. The highest BCUT2D eigenvalue weighted by atomic mass is 32.1. The summed E-state index contributed by atoms with van der Waals surface area (Å²) in [5.41, 5.74) is 1.93. The summed E-state index contributed by atoms with van der Waals surface area (Å²) in [4.78, 5) is 11.7. The SMILES string of the molecule is CC(=O)c1c(C)nsc1NC1CCCCC1(C)C. The lowest BCUT2D eigenvalue weighted by molar-refractivity contribution is 0.101. The molecular formula is C14H22N2OS. The number of Topliss-reactive ketones (excluding diaryl/α,β-unsaturated/α-hetero) is 1. The van der Waals surface area contributed by atoms with E-state index in [1.807, 2.05) is 6.92 Å². The molecule has 1 fully saturated rings. The fraction of sp³-hybridized carbons (Fsp3) is 0.714. The van der Waals surface area contributed by atoms with Crippen molar-refractivity contribution in [1.82, 2.24) is 4.37 Å². The topological polar surface area (TPSA) is 42.0 Å². The van der Waals surface area contributed by atoms with Crippen molar-refractivity contribution in [2.75, 3.05) is 5.32 Å². The van der Waals surface area contributed by atoms with Gasteiger partial charge in [-0.15, -0.1) is 0 Å². The Kier molecular flexibility index (Phi) is 3.76. The first-order valence-corrected chi connectivity index (χ1v) is 7.43. The van der Waals surface area contributed by atoms with E-state index in [-0.39, 0.29) is 5.78 Å². The Morgan fingerprint density at radius 3 is 2.78 bits per heavy atom. The average molecular weight is 266 g/mol. The second-order valence-corrected chi connectivity index (χ2v) is 6.73. The minimum absolute atomic E-state index is 0.109. The molecule has 0 aliphatic heterocycles. The molecular weight excluding hydrogens is 244 g/mol. The Labute approximate surface area is 113 Å². The van der Waals surface area contributed by atoms with Crippen LogP contribution in [0, 0.1) is 12.3 Å². The van der Waals surface area contributed by atoms with Gasteiger partial charge in [0.15, 0.2) is 5.78 Å². The standard InChI is InChI=1S/C14H22N2OS/c1-9-12(10(2)17)13(18-16-9)15-11-7-5-6-8-14(11,3)4/h11,15H,5-8H2,1-4H3. The van der Waals surface area contributed by atoms with Crippen LogP contribution in [0.4, 0.5) is 5.00 Å². The van der Waals surface area contributed by atoms with Crippen LogP contribution in [0.15, 0.2) is 0 Å². The highest BCUT2D eigenvalue weighted by molar-refractivity contribution is 7.10. The van der Waals surface area contributed by atoms with Gasteiger partial charge in [-0.05, 0) is 43.6 Å². The second kappa shape index (κ2) is 5.00. The predicted octanol–water partition coefficient (Wildman–Crippen LogP) is 4.03. The van der Waals surface area contributed by atoms with Crippen LogP contribution in [0.5, 0.6) is 0 Å². The van der Waals surface area contributed by atoms with Crippen molar-refractivity contribution in [2.45, 2.75) is 59.4 Å². The summed E-state index contributed by atoms with van der Waals surface area (Å²) in [6.07, 6.45) is 5.01. The van der Waals surface area contributed by atoms with E-state index in [9.17, 15) is 4.79 Å². The van der Waals surface area contributed by atoms with Gasteiger partial charge in [-0.2, -0.15) is 4.37 Å². The lowest BCUT2D eigenvalue weighted by Crippen LogP contribution is -2.39. The number of nitrogens with one attached hydrogen (secondary N) is 1. The Hall–Kier alpha value is -0.900. The van der Waals surface area contributed by atoms with Gasteiger partial charge in [0, 0.05) is 6.04 Å². The number of ketones is 1. The molecule has 1 aliphatic rings. The van der Waals surface area contributed by atoms with Gasteiger partial charge in [0.1, 0.15) is 5.00 Å². The minimum atomic E-state index is 0.109. The fourth-order valence-electron chi connectivity index (χ4n) is 2.80. The van der Waals surface area contributed by atoms with E-state index in [2.05, 4.69) is 23.5 Å². The highest BCUT2D eigenvalue weighted by Crippen LogP contribution is 2.38. The monoisotopic (exact) mass is 266 g/mol. The zero-order chi connectivity index (χ0) is 13.3. The third-order valence-electron chi connectivity index (χ3n) is 4.03.